The zero-order valence-corrected chi connectivity index (χ0v) is 15.4. The lowest BCUT2D eigenvalue weighted by atomic mass is 9.52. The zero-order chi connectivity index (χ0) is 20.6. The molecule has 0 N–H and O–H groups in total. The van der Waals surface area contributed by atoms with Crippen molar-refractivity contribution in [2.75, 3.05) is 5.75 Å². The lowest BCUT2D eigenvalue weighted by Gasteiger charge is -2.54. The van der Waals surface area contributed by atoms with Crippen molar-refractivity contribution in [1.82, 2.24) is 0 Å². The molecule has 0 aliphatic heterocycles. The molecule has 0 heterocycles. The smallest absolute Gasteiger partial charge is 0.414 e. The van der Waals surface area contributed by atoms with Gasteiger partial charge in [-0.05, 0) is 61.7 Å². The van der Waals surface area contributed by atoms with Crippen LogP contribution in [0.1, 0.15) is 32.1 Å². The molecule has 0 atom stereocenters. The summed E-state index contributed by atoms with van der Waals surface area (Å²) in [6, 6.07) is 0. The Morgan fingerprint density at radius 1 is 0.741 bits per heavy atom. The summed E-state index contributed by atoms with van der Waals surface area (Å²) >= 11 is 0. The molecule has 0 aromatic heterocycles. The van der Waals surface area contributed by atoms with Crippen LogP contribution in [0, 0.1) is 29.6 Å². The molecule has 0 aromatic carbocycles. The summed E-state index contributed by atoms with van der Waals surface area (Å²) in [5, 5.41) is -13.2. The van der Waals surface area contributed by atoms with E-state index in [-0.39, 0.29) is 11.8 Å². The number of hydrogen-bond donors (Lipinski definition) is 0. The van der Waals surface area contributed by atoms with Crippen LogP contribution in [-0.4, -0.2) is 43.6 Å². The summed E-state index contributed by atoms with van der Waals surface area (Å²) in [6.07, 6.45) is 3.23. The Morgan fingerprint density at radius 2 is 1.15 bits per heavy atom. The molecule has 4 rings (SSSR count). The molecule has 0 saturated heterocycles. The van der Waals surface area contributed by atoms with Crippen molar-refractivity contribution in [3.8, 4) is 0 Å². The normalized spacial score (nSPS) is 34.9. The van der Waals surface area contributed by atoms with Crippen LogP contribution in [-0.2, 0) is 20.0 Å². The summed E-state index contributed by atoms with van der Waals surface area (Å²) in [7, 11) is -13.4. The average Bonchev–Trinajstić information content (AvgIpc) is 2.48. The maximum absolute atomic E-state index is 14.0. The second-order valence-corrected chi connectivity index (χ2v) is 11.4. The monoisotopic (exact) mass is 443 g/mol. The van der Waals surface area contributed by atoms with Crippen LogP contribution < -0.4 is 0 Å². The fourth-order valence-corrected chi connectivity index (χ4v) is 7.48. The van der Waals surface area contributed by atoms with Crippen molar-refractivity contribution in [3.63, 3.8) is 0 Å². The van der Waals surface area contributed by atoms with E-state index < -0.39 is 48.1 Å². The molecule has 0 aromatic rings. The highest BCUT2D eigenvalue weighted by Gasteiger charge is 2.79. The third-order valence-electron chi connectivity index (χ3n) is 6.27. The van der Waals surface area contributed by atoms with Crippen LogP contribution in [0.5, 0.6) is 0 Å². The van der Waals surface area contributed by atoms with E-state index in [1.165, 1.54) is 0 Å². The van der Waals surface area contributed by atoms with Gasteiger partial charge in [-0.3, -0.25) is 0 Å². The van der Waals surface area contributed by atoms with E-state index >= 15 is 0 Å². The van der Waals surface area contributed by atoms with Crippen molar-refractivity contribution in [2.24, 2.45) is 29.6 Å². The average molecular weight is 443 g/mol. The minimum Gasteiger partial charge on any atom is -0.743 e. The first-order valence-electron chi connectivity index (χ1n) is 8.32. The Balaban J connectivity index is 1.89. The molecule has 0 radical (unpaired) electrons. The van der Waals surface area contributed by atoms with Gasteiger partial charge in [0.15, 0.2) is 10.1 Å². The zero-order valence-electron chi connectivity index (χ0n) is 13.8. The minimum absolute atomic E-state index is 0.274. The predicted molar refractivity (Wildman–Crippen MR) is 78.9 cm³/mol. The number of sulfone groups is 1. The van der Waals surface area contributed by atoms with Crippen molar-refractivity contribution in [3.05, 3.63) is 0 Å². The third kappa shape index (κ3) is 2.98. The van der Waals surface area contributed by atoms with Crippen LogP contribution in [0.25, 0.3) is 0 Å². The molecule has 4 fully saturated rings. The molecular formula is C14H17F6O5S2-. The fraction of sp³-hybridized carbons (Fsp3) is 1.00. The lowest BCUT2D eigenvalue weighted by molar-refractivity contribution is -0.246. The Labute approximate surface area is 152 Å². The Hall–Kier alpha value is -0.560. The number of alkyl halides is 6. The molecule has 0 unspecified atom stereocenters. The maximum atomic E-state index is 14.0. The number of halogens is 6. The second kappa shape index (κ2) is 5.97. The van der Waals surface area contributed by atoms with Crippen molar-refractivity contribution in [1.29, 1.82) is 0 Å². The van der Waals surface area contributed by atoms with E-state index in [0.717, 1.165) is 6.42 Å². The van der Waals surface area contributed by atoms with Crippen LogP contribution >= 0.6 is 0 Å². The van der Waals surface area contributed by atoms with Crippen LogP contribution in [0.4, 0.5) is 26.3 Å². The van der Waals surface area contributed by atoms with Gasteiger partial charge in [-0.2, -0.15) is 26.3 Å². The Morgan fingerprint density at radius 3 is 1.52 bits per heavy atom. The number of rotatable bonds is 6. The topological polar surface area (TPSA) is 91.3 Å². The second-order valence-electron chi connectivity index (χ2n) is 7.94. The highest BCUT2D eigenvalue weighted by atomic mass is 32.2. The van der Waals surface area contributed by atoms with Gasteiger partial charge in [0.1, 0.15) is 0 Å². The van der Waals surface area contributed by atoms with Gasteiger partial charge in [-0.1, -0.05) is 0 Å². The molecule has 4 aliphatic rings. The Bertz CT molecular complexity index is 795. The molecule has 5 nitrogen and oxygen atoms in total. The van der Waals surface area contributed by atoms with Gasteiger partial charge in [-0.15, -0.1) is 0 Å². The SMILES string of the molecule is O=S(=O)([O-])C(F)(F)C(F)(F)C(F)(F)S(=O)(=O)CC1C2CC3CC(C2)CC1C3. The van der Waals surface area contributed by atoms with Crippen LogP contribution in [0.15, 0.2) is 0 Å². The predicted octanol–water partition coefficient (Wildman–Crippen LogP) is 2.84. The molecule has 13 heteroatoms. The minimum atomic E-state index is -7.23. The summed E-state index contributed by atoms with van der Waals surface area (Å²) in [4.78, 5) is 0. The van der Waals surface area contributed by atoms with E-state index in [4.69, 9.17) is 0 Å². The summed E-state index contributed by atoms with van der Waals surface area (Å²) < 4.78 is 137. The molecule has 0 spiro atoms. The molecule has 0 amide bonds. The largest absolute Gasteiger partial charge is 0.743 e. The number of hydrogen-bond acceptors (Lipinski definition) is 5. The summed E-state index contributed by atoms with van der Waals surface area (Å²) in [6.45, 7) is 0. The van der Waals surface area contributed by atoms with Gasteiger partial charge in [-0.25, -0.2) is 16.8 Å². The first-order valence-corrected chi connectivity index (χ1v) is 11.4. The van der Waals surface area contributed by atoms with Crippen molar-refractivity contribution < 1.29 is 47.7 Å². The Kier molecular flexibility index (Phi) is 4.68. The summed E-state index contributed by atoms with van der Waals surface area (Å²) in [5.41, 5.74) is 0. The molecular weight excluding hydrogens is 426 g/mol. The van der Waals surface area contributed by atoms with E-state index in [1.54, 1.807) is 0 Å². The molecule has 4 aliphatic carbocycles. The van der Waals surface area contributed by atoms with Gasteiger partial charge in [0, 0.05) is 0 Å². The van der Waals surface area contributed by atoms with E-state index in [2.05, 4.69) is 0 Å². The maximum Gasteiger partial charge on any atom is 0.414 e. The molecule has 4 bridgehead atoms. The van der Waals surface area contributed by atoms with Gasteiger partial charge < -0.3 is 4.55 Å². The molecule has 4 saturated carbocycles. The van der Waals surface area contributed by atoms with E-state index in [0.29, 0.717) is 37.5 Å². The molecule has 27 heavy (non-hydrogen) atoms. The van der Waals surface area contributed by atoms with Gasteiger partial charge in [0.2, 0.25) is 9.84 Å². The van der Waals surface area contributed by atoms with Crippen LogP contribution in [0.2, 0.25) is 0 Å². The fourth-order valence-electron chi connectivity index (χ4n) is 5.19. The first-order chi connectivity index (χ1) is 12.0. The van der Waals surface area contributed by atoms with Crippen molar-refractivity contribution in [2.45, 2.75) is 48.5 Å². The van der Waals surface area contributed by atoms with Gasteiger partial charge in [0.25, 0.3) is 0 Å². The van der Waals surface area contributed by atoms with E-state index in [9.17, 15) is 47.7 Å². The van der Waals surface area contributed by atoms with Crippen molar-refractivity contribution >= 4 is 20.0 Å². The summed E-state index contributed by atoms with van der Waals surface area (Å²) in [5.74, 6) is -9.12. The quantitative estimate of drug-likeness (QED) is 0.465. The molecule has 158 valence electrons. The lowest BCUT2D eigenvalue weighted by Crippen LogP contribution is -2.61. The standard InChI is InChI=1S/C14H18F6O5S2/c15-12(16,14(19,20)27(23,24)25)13(17,18)26(21,22)6-11-9-2-7-1-8(4-9)5-10(11)3-7/h7-11H,1-6H2,(H,23,24,25)/p-1. The highest BCUT2D eigenvalue weighted by Crippen LogP contribution is 2.58. The van der Waals surface area contributed by atoms with Crippen LogP contribution in [0.3, 0.4) is 0 Å². The first kappa shape index (κ1) is 21.2. The van der Waals surface area contributed by atoms with Gasteiger partial charge in [0.05, 0.1) is 5.75 Å². The third-order valence-corrected chi connectivity index (χ3v) is 9.02. The van der Waals surface area contributed by atoms with Gasteiger partial charge >= 0.3 is 16.4 Å². The van der Waals surface area contributed by atoms with E-state index in [1.807, 2.05) is 0 Å². The highest BCUT2D eigenvalue weighted by molar-refractivity contribution is 7.92.